The maximum Gasteiger partial charge on any atom is 0.335 e. The van der Waals surface area contributed by atoms with Gasteiger partial charge in [0.05, 0.1) is 15.7 Å². The van der Waals surface area contributed by atoms with Gasteiger partial charge >= 0.3 is 5.97 Å². The van der Waals surface area contributed by atoms with Gasteiger partial charge in [-0.15, -0.1) is 11.8 Å². The van der Waals surface area contributed by atoms with Gasteiger partial charge in [-0.25, -0.2) is 13.2 Å². The van der Waals surface area contributed by atoms with Gasteiger partial charge in [-0.2, -0.15) is 0 Å². The Labute approximate surface area is 190 Å². The Morgan fingerprint density at radius 2 is 1.62 bits per heavy atom. The third-order valence-corrected chi connectivity index (χ3v) is 7.09. The van der Waals surface area contributed by atoms with E-state index in [0.29, 0.717) is 11.4 Å². The molecule has 0 aliphatic rings. The molecule has 0 spiro atoms. The molecule has 9 heteroatoms. The lowest BCUT2D eigenvalue weighted by Gasteiger charge is -2.14. The van der Waals surface area contributed by atoms with Gasteiger partial charge in [0.25, 0.3) is 10.0 Å². The first kappa shape index (κ1) is 23.4. The van der Waals surface area contributed by atoms with E-state index < -0.39 is 21.2 Å². The average Bonchev–Trinajstić information content (AvgIpc) is 2.76. The van der Waals surface area contributed by atoms with Gasteiger partial charge in [0, 0.05) is 16.3 Å². The zero-order valence-corrected chi connectivity index (χ0v) is 19.0. The molecule has 0 fully saturated rings. The number of hydrogen-bond donors (Lipinski definition) is 3. The Hall–Kier alpha value is -3.30. The van der Waals surface area contributed by atoms with Crippen LogP contribution in [0.15, 0.2) is 82.6 Å². The Bertz CT molecular complexity index is 1230. The van der Waals surface area contributed by atoms with Crippen molar-refractivity contribution in [1.82, 2.24) is 0 Å². The molecule has 0 radical (unpaired) electrons. The smallest absolute Gasteiger partial charge is 0.335 e. The minimum absolute atomic E-state index is 0.0970. The average molecular weight is 471 g/mol. The molecule has 166 valence electrons. The summed E-state index contributed by atoms with van der Waals surface area (Å²) in [4.78, 5) is 24.7. The number of aromatic carboxylic acids is 1. The molecular weight excluding hydrogens is 448 g/mol. The number of aryl methyl sites for hydroxylation is 1. The van der Waals surface area contributed by atoms with Gasteiger partial charge in [0.2, 0.25) is 5.91 Å². The Balaban J connectivity index is 1.63. The Morgan fingerprint density at radius 3 is 2.25 bits per heavy atom. The zero-order chi connectivity index (χ0) is 23.3. The highest BCUT2D eigenvalue weighted by Crippen LogP contribution is 2.27. The van der Waals surface area contributed by atoms with E-state index in [2.05, 4.69) is 10.0 Å². The van der Waals surface area contributed by atoms with Crippen LogP contribution >= 0.6 is 11.8 Å². The number of rotatable bonds is 8. The summed E-state index contributed by atoms with van der Waals surface area (Å²) in [5.41, 5.74) is 1.72. The van der Waals surface area contributed by atoms with E-state index in [1.54, 1.807) is 62.4 Å². The zero-order valence-electron chi connectivity index (χ0n) is 17.4. The van der Waals surface area contributed by atoms with E-state index in [-0.39, 0.29) is 16.4 Å². The summed E-state index contributed by atoms with van der Waals surface area (Å²) >= 11 is 1.30. The maximum atomic E-state index is 12.6. The Kier molecular flexibility index (Phi) is 7.22. The van der Waals surface area contributed by atoms with Crippen molar-refractivity contribution in [2.75, 3.05) is 10.0 Å². The molecule has 1 atom stereocenters. The second kappa shape index (κ2) is 9.88. The highest BCUT2D eigenvalue weighted by molar-refractivity contribution is 8.00. The summed E-state index contributed by atoms with van der Waals surface area (Å²) in [5, 5.41) is 11.4. The fourth-order valence-electron chi connectivity index (χ4n) is 2.80. The van der Waals surface area contributed by atoms with Gasteiger partial charge in [-0.3, -0.25) is 9.52 Å². The molecular formula is C23H22N2O5S2. The van der Waals surface area contributed by atoms with Crippen LogP contribution in [0.4, 0.5) is 11.4 Å². The molecule has 3 rings (SSSR count). The van der Waals surface area contributed by atoms with E-state index in [9.17, 15) is 18.0 Å². The first-order chi connectivity index (χ1) is 15.2. The minimum Gasteiger partial charge on any atom is -0.478 e. The summed E-state index contributed by atoms with van der Waals surface area (Å²) in [6.07, 6.45) is 0. The first-order valence-electron chi connectivity index (χ1n) is 9.65. The van der Waals surface area contributed by atoms with Crippen LogP contribution in [0.1, 0.15) is 22.8 Å². The SMILES string of the molecule is Cc1ccc(C(=O)O)cc1NC(=O)C(C)Sc1ccc(NS(=O)(=O)c2ccccc2)cc1. The van der Waals surface area contributed by atoms with Gasteiger partial charge in [-0.1, -0.05) is 24.3 Å². The monoisotopic (exact) mass is 470 g/mol. The summed E-state index contributed by atoms with van der Waals surface area (Å²) in [7, 11) is -3.67. The number of carboxylic acid groups (broad SMARTS) is 1. The van der Waals surface area contributed by atoms with Gasteiger partial charge in [-0.05, 0) is 67.9 Å². The normalized spacial score (nSPS) is 12.1. The van der Waals surface area contributed by atoms with Gasteiger partial charge < -0.3 is 10.4 Å². The molecule has 3 aromatic carbocycles. The van der Waals surface area contributed by atoms with Crippen LogP contribution in [0.5, 0.6) is 0 Å². The van der Waals surface area contributed by atoms with E-state index in [1.807, 2.05) is 0 Å². The van der Waals surface area contributed by atoms with Crippen molar-refractivity contribution in [3.05, 3.63) is 83.9 Å². The third-order valence-electron chi connectivity index (χ3n) is 4.58. The first-order valence-corrected chi connectivity index (χ1v) is 12.0. The predicted octanol–water partition coefficient (Wildman–Crippen LogP) is 4.61. The molecule has 3 N–H and O–H groups in total. The van der Waals surface area contributed by atoms with Crippen molar-refractivity contribution >= 4 is 45.0 Å². The van der Waals surface area contributed by atoms with Crippen molar-refractivity contribution in [1.29, 1.82) is 0 Å². The number of carbonyl (C=O) groups excluding carboxylic acids is 1. The highest BCUT2D eigenvalue weighted by Gasteiger charge is 2.17. The number of anilines is 2. The molecule has 7 nitrogen and oxygen atoms in total. The lowest BCUT2D eigenvalue weighted by Crippen LogP contribution is -2.23. The van der Waals surface area contributed by atoms with Gasteiger partial charge in [0.15, 0.2) is 0 Å². The van der Waals surface area contributed by atoms with Crippen LogP contribution in [-0.2, 0) is 14.8 Å². The van der Waals surface area contributed by atoms with E-state index in [0.717, 1.165) is 10.5 Å². The molecule has 0 aliphatic carbocycles. The minimum atomic E-state index is -3.67. The van der Waals surface area contributed by atoms with Crippen LogP contribution in [-0.4, -0.2) is 30.7 Å². The summed E-state index contributed by atoms with van der Waals surface area (Å²) in [5.74, 6) is -1.33. The molecule has 1 amide bonds. The number of thioether (sulfide) groups is 1. The highest BCUT2D eigenvalue weighted by atomic mass is 32.2. The molecule has 0 aliphatic heterocycles. The second-order valence-corrected chi connectivity index (χ2v) is 10.1. The number of carbonyl (C=O) groups is 2. The molecule has 0 heterocycles. The second-order valence-electron chi connectivity index (χ2n) is 7.03. The molecule has 0 saturated carbocycles. The Morgan fingerprint density at radius 1 is 0.969 bits per heavy atom. The molecule has 3 aromatic rings. The number of nitrogens with one attached hydrogen (secondary N) is 2. The quantitative estimate of drug-likeness (QED) is 0.414. The molecule has 0 bridgehead atoms. The third kappa shape index (κ3) is 5.89. The van der Waals surface area contributed by atoms with Crippen LogP contribution in [0.25, 0.3) is 0 Å². The van der Waals surface area contributed by atoms with Crippen molar-refractivity contribution in [3.63, 3.8) is 0 Å². The van der Waals surface area contributed by atoms with Crippen molar-refractivity contribution in [2.45, 2.75) is 28.9 Å². The van der Waals surface area contributed by atoms with Gasteiger partial charge in [0.1, 0.15) is 0 Å². The van der Waals surface area contributed by atoms with E-state index in [4.69, 9.17) is 5.11 Å². The van der Waals surface area contributed by atoms with E-state index in [1.165, 1.54) is 36.0 Å². The standard InChI is InChI=1S/C23H22N2O5S2/c1-15-8-9-17(23(27)28)14-21(15)24-22(26)16(2)31-19-12-10-18(11-13-19)25-32(29,30)20-6-4-3-5-7-20/h3-14,16,25H,1-2H3,(H,24,26)(H,27,28). The number of hydrogen-bond acceptors (Lipinski definition) is 5. The van der Waals surface area contributed by atoms with Crippen LogP contribution < -0.4 is 10.0 Å². The molecule has 1 unspecified atom stereocenters. The van der Waals surface area contributed by atoms with Crippen molar-refractivity contribution in [3.8, 4) is 0 Å². The van der Waals surface area contributed by atoms with Crippen LogP contribution in [0.2, 0.25) is 0 Å². The number of benzene rings is 3. The molecule has 0 aromatic heterocycles. The summed E-state index contributed by atoms with van der Waals surface area (Å²) < 4.78 is 27.4. The largest absolute Gasteiger partial charge is 0.478 e. The van der Waals surface area contributed by atoms with Crippen molar-refractivity contribution < 1.29 is 23.1 Å². The fraction of sp³-hybridized carbons (Fsp3) is 0.130. The van der Waals surface area contributed by atoms with Crippen LogP contribution in [0.3, 0.4) is 0 Å². The summed E-state index contributed by atoms with van der Waals surface area (Å²) in [6, 6.07) is 19.4. The number of amides is 1. The number of sulfonamides is 1. The lowest BCUT2D eigenvalue weighted by atomic mass is 10.1. The van der Waals surface area contributed by atoms with Crippen LogP contribution in [0, 0.1) is 6.92 Å². The maximum absolute atomic E-state index is 12.6. The lowest BCUT2D eigenvalue weighted by molar-refractivity contribution is -0.115. The fourth-order valence-corrected chi connectivity index (χ4v) is 4.74. The predicted molar refractivity (Wildman–Crippen MR) is 126 cm³/mol. The molecule has 0 saturated heterocycles. The van der Waals surface area contributed by atoms with E-state index >= 15 is 0 Å². The number of carboxylic acids is 1. The topological polar surface area (TPSA) is 113 Å². The van der Waals surface area contributed by atoms with Crippen molar-refractivity contribution in [2.24, 2.45) is 0 Å². The molecule has 32 heavy (non-hydrogen) atoms. The summed E-state index contributed by atoms with van der Waals surface area (Å²) in [6.45, 7) is 3.52.